The number of benzene rings is 1. The first-order valence-electron chi connectivity index (χ1n) is 8.03. The molecular weight excluding hydrogens is 375 g/mol. The highest BCUT2D eigenvalue weighted by atomic mass is 32.2. The first kappa shape index (κ1) is 20.6. The smallest absolute Gasteiger partial charge is 0.310 e. The summed E-state index contributed by atoms with van der Waals surface area (Å²) in [6.45, 7) is 4.20. The lowest BCUT2D eigenvalue weighted by Crippen LogP contribution is -2.32. The molecule has 1 aromatic heterocycles. The summed E-state index contributed by atoms with van der Waals surface area (Å²) < 4.78 is 39.7. The molecule has 1 heterocycles. The van der Waals surface area contributed by atoms with E-state index in [0.29, 0.717) is 11.3 Å². The Hall–Kier alpha value is -2.68. The van der Waals surface area contributed by atoms with E-state index in [4.69, 9.17) is 5.11 Å². The average Bonchev–Trinajstić information content (AvgIpc) is 2.93. The monoisotopic (exact) mass is 396 g/mol. The Balaban J connectivity index is 2.28. The van der Waals surface area contributed by atoms with E-state index >= 15 is 0 Å². The predicted molar refractivity (Wildman–Crippen MR) is 98.0 cm³/mol. The Morgan fingerprint density at radius 3 is 2.44 bits per heavy atom. The van der Waals surface area contributed by atoms with Gasteiger partial charge in [-0.15, -0.1) is 0 Å². The molecule has 0 radical (unpaired) electrons. The van der Waals surface area contributed by atoms with E-state index in [0.717, 1.165) is 0 Å². The first-order chi connectivity index (χ1) is 12.3. The number of carbonyl (C=O) groups is 2. The van der Waals surface area contributed by atoms with Gasteiger partial charge in [-0.25, -0.2) is 12.8 Å². The fourth-order valence-electron chi connectivity index (χ4n) is 2.47. The van der Waals surface area contributed by atoms with E-state index in [-0.39, 0.29) is 10.6 Å². The largest absolute Gasteiger partial charge is 0.481 e. The normalized spacial score (nSPS) is 12.0. The van der Waals surface area contributed by atoms with Crippen LogP contribution in [0.4, 0.5) is 10.1 Å². The van der Waals surface area contributed by atoms with Crippen LogP contribution in [0, 0.1) is 18.2 Å². The molecule has 1 amide bonds. The number of aromatic nitrogens is 1. The van der Waals surface area contributed by atoms with Gasteiger partial charge in [-0.3, -0.25) is 9.59 Å². The molecular formula is C18H21FN2O5S. The van der Waals surface area contributed by atoms with Crippen molar-refractivity contribution in [3.63, 3.8) is 0 Å². The lowest BCUT2D eigenvalue weighted by molar-refractivity contribution is -0.145. The van der Waals surface area contributed by atoms with Crippen molar-refractivity contribution in [1.82, 2.24) is 4.57 Å². The summed E-state index contributed by atoms with van der Waals surface area (Å²) in [4.78, 5) is 23.5. The minimum absolute atomic E-state index is 0.0729. The minimum Gasteiger partial charge on any atom is -0.481 e. The fourth-order valence-corrected chi connectivity index (χ4v) is 4.32. The number of nitrogens with zero attached hydrogens (tertiary/aromatic N) is 1. The summed E-state index contributed by atoms with van der Waals surface area (Å²) in [5.41, 5.74) is -0.665. The van der Waals surface area contributed by atoms with Gasteiger partial charge in [0.2, 0.25) is 0 Å². The van der Waals surface area contributed by atoms with E-state index in [2.05, 4.69) is 5.32 Å². The Morgan fingerprint density at radius 2 is 1.89 bits per heavy atom. The third-order valence-corrected chi connectivity index (χ3v) is 6.16. The SMILES string of the molecule is Cc1cc(NC(=O)c2cc(S(=O)(=O)CC(C)(C)C(=O)O)cn2C)ccc1F. The summed E-state index contributed by atoms with van der Waals surface area (Å²) in [7, 11) is -2.41. The van der Waals surface area contributed by atoms with Gasteiger partial charge in [-0.05, 0) is 50.6 Å². The molecule has 146 valence electrons. The number of carbonyl (C=O) groups excluding carboxylic acids is 1. The zero-order valence-electron chi connectivity index (χ0n) is 15.4. The molecule has 0 aliphatic rings. The van der Waals surface area contributed by atoms with E-state index in [1.165, 1.54) is 55.9 Å². The van der Waals surface area contributed by atoms with Crippen LogP contribution in [-0.4, -0.2) is 35.7 Å². The molecule has 9 heteroatoms. The summed E-state index contributed by atoms with van der Waals surface area (Å²) in [5, 5.41) is 11.7. The lowest BCUT2D eigenvalue weighted by Gasteiger charge is -2.18. The maximum Gasteiger partial charge on any atom is 0.310 e. The molecule has 0 atom stereocenters. The van der Waals surface area contributed by atoms with Gasteiger partial charge in [0, 0.05) is 18.9 Å². The van der Waals surface area contributed by atoms with Gasteiger partial charge in [0.15, 0.2) is 9.84 Å². The zero-order valence-corrected chi connectivity index (χ0v) is 16.2. The van der Waals surface area contributed by atoms with Crippen LogP contribution in [0.15, 0.2) is 35.4 Å². The van der Waals surface area contributed by atoms with Gasteiger partial charge in [-0.1, -0.05) is 0 Å². The highest BCUT2D eigenvalue weighted by Gasteiger charge is 2.35. The van der Waals surface area contributed by atoms with Crippen molar-refractivity contribution in [3.8, 4) is 0 Å². The van der Waals surface area contributed by atoms with Crippen molar-refractivity contribution in [1.29, 1.82) is 0 Å². The van der Waals surface area contributed by atoms with Gasteiger partial charge in [0.25, 0.3) is 5.91 Å². The number of rotatable bonds is 6. The number of anilines is 1. The first-order valence-corrected chi connectivity index (χ1v) is 9.69. The molecule has 0 aliphatic heterocycles. The van der Waals surface area contributed by atoms with Crippen LogP contribution in [0.2, 0.25) is 0 Å². The second kappa shape index (κ2) is 7.15. The van der Waals surface area contributed by atoms with Gasteiger partial charge in [0.05, 0.1) is 16.1 Å². The van der Waals surface area contributed by atoms with Crippen molar-refractivity contribution < 1.29 is 27.5 Å². The lowest BCUT2D eigenvalue weighted by atomic mass is 9.97. The summed E-state index contributed by atoms with van der Waals surface area (Å²) in [6.07, 6.45) is 1.26. The predicted octanol–water partition coefficient (Wildman–Crippen LogP) is 2.61. The van der Waals surface area contributed by atoms with Crippen LogP contribution in [0.25, 0.3) is 0 Å². The quantitative estimate of drug-likeness (QED) is 0.781. The van der Waals surface area contributed by atoms with Gasteiger partial charge < -0.3 is 15.0 Å². The van der Waals surface area contributed by atoms with Crippen molar-refractivity contribution in [3.05, 3.63) is 47.5 Å². The van der Waals surface area contributed by atoms with Crippen LogP contribution in [-0.2, 0) is 21.7 Å². The van der Waals surface area contributed by atoms with E-state index in [9.17, 15) is 22.4 Å². The maximum absolute atomic E-state index is 13.3. The highest BCUT2D eigenvalue weighted by Crippen LogP contribution is 2.25. The van der Waals surface area contributed by atoms with Crippen molar-refractivity contribution in [2.45, 2.75) is 25.7 Å². The third-order valence-electron chi connectivity index (χ3n) is 4.12. The van der Waals surface area contributed by atoms with E-state index < -0.39 is 38.7 Å². The van der Waals surface area contributed by atoms with Crippen molar-refractivity contribution in [2.75, 3.05) is 11.1 Å². The van der Waals surface area contributed by atoms with Crippen molar-refractivity contribution in [2.24, 2.45) is 12.5 Å². The Kier molecular flexibility index (Phi) is 5.46. The van der Waals surface area contributed by atoms with Crippen LogP contribution < -0.4 is 5.32 Å². The molecule has 0 fully saturated rings. The van der Waals surface area contributed by atoms with Gasteiger partial charge in [0.1, 0.15) is 11.5 Å². The highest BCUT2D eigenvalue weighted by molar-refractivity contribution is 7.91. The van der Waals surface area contributed by atoms with Crippen LogP contribution in [0.1, 0.15) is 29.9 Å². The van der Waals surface area contributed by atoms with Gasteiger partial charge in [-0.2, -0.15) is 0 Å². The number of hydrogen-bond acceptors (Lipinski definition) is 4. The second-order valence-electron chi connectivity index (χ2n) is 7.04. The second-order valence-corrected chi connectivity index (χ2v) is 9.03. The number of amides is 1. The minimum atomic E-state index is -3.91. The average molecular weight is 396 g/mol. The summed E-state index contributed by atoms with van der Waals surface area (Å²) in [5.74, 6) is -2.80. The maximum atomic E-state index is 13.3. The molecule has 0 saturated carbocycles. The number of aryl methyl sites for hydroxylation is 2. The Bertz CT molecular complexity index is 1010. The molecule has 2 aromatic rings. The van der Waals surface area contributed by atoms with Crippen molar-refractivity contribution >= 4 is 27.4 Å². The molecule has 0 unspecified atom stereocenters. The van der Waals surface area contributed by atoms with E-state index in [1.54, 1.807) is 6.92 Å². The molecule has 7 nitrogen and oxygen atoms in total. The fraction of sp³-hybridized carbons (Fsp3) is 0.333. The van der Waals surface area contributed by atoms with Gasteiger partial charge >= 0.3 is 5.97 Å². The Labute approximate surface area is 156 Å². The number of sulfone groups is 1. The molecule has 0 saturated heterocycles. The summed E-state index contributed by atoms with van der Waals surface area (Å²) >= 11 is 0. The zero-order chi connectivity index (χ0) is 20.6. The standard InChI is InChI=1S/C18H21FN2O5S/c1-11-7-12(5-6-14(11)19)20-16(22)15-8-13(9-21(15)4)27(25,26)10-18(2,3)17(23)24/h5-9H,10H2,1-4H3,(H,20,22)(H,23,24). The van der Waals surface area contributed by atoms with Crippen LogP contribution >= 0.6 is 0 Å². The number of halogens is 1. The van der Waals surface area contributed by atoms with Crippen LogP contribution in [0.5, 0.6) is 0 Å². The molecule has 2 rings (SSSR count). The molecule has 0 spiro atoms. The number of aliphatic carboxylic acids is 1. The molecule has 0 aliphatic carbocycles. The Morgan fingerprint density at radius 1 is 1.26 bits per heavy atom. The number of carboxylic acid groups (broad SMARTS) is 1. The van der Waals surface area contributed by atoms with E-state index in [1.807, 2.05) is 0 Å². The van der Waals surface area contributed by atoms with Crippen LogP contribution in [0.3, 0.4) is 0 Å². The molecule has 2 N–H and O–H groups in total. The number of carboxylic acids is 1. The molecule has 27 heavy (non-hydrogen) atoms. The molecule has 0 bridgehead atoms. The molecule has 1 aromatic carbocycles. The number of nitrogens with one attached hydrogen (secondary N) is 1. The summed E-state index contributed by atoms with van der Waals surface area (Å²) in [6, 6.07) is 5.28. The third kappa shape index (κ3) is 4.54. The topological polar surface area (TPSA) is 105 Å². The number of hydrogen-bond donors (Lipinski definition) is 2.